The quantitative estimate of drug-likeness (QED) is 0.425. The number of carbonyl (C=O) groups is 1. The Morgan fingerprint density at radius 2 is 2.35 bits per heavy atom. The predicted molar refractivity (Wildman–Crippen MR) is 64.3 cm³/mol. The van der Waals surface area contributed by atoms with Crippen molar-refractivity contribution in [1.82, 2.24) is 10.2 Å². The Labute approximate surface area is 112 Å². The zero-order valence-electron chi connectivity index (χ0n) is 10.3. The monoisotopic (exact) mass is 287 g/mol. The van der Waals surface area contributed by atoms with Gasteiger partial charge in [-0.1, -0.05) is 0 Å². The van der Waals surface area contributed by atoms with Crippen molar-refractivity contribution in [1.29, 1.82) is 0 Å². The van der Waals surface area contributed by atoms with Crippen molar-refractivity contribution in [3.63, 3.8) is 0 Å². The number of aliphatic imine (C=N–C) groups is 2. The highest BCUT2D eigenvalue weighted by Gasteiger charge is 2.51. The molecule has 0 bridgehead atoms. The van der Waals surface area contributed by atoms with Gasteiger partial charge in [-0.05, 0) is 0 Å². The van der Waals surface area contributed by atoms with Crippen LogP contribution in [0.1, 0.15) is 0 Å². The van der Waals surface area contributed by atoms with Crippen molar-refractivity contribution < 1.29 is 24.1 Å². The van der Waals surface area contributed by atoms with Gasteiger partial charge in [0.25, 0.3) is 5.91 Å². The maximum atomic E-state index is 14.1. The maximum Gasteiger partial charge on any atom is 0.255 e. The third kappa shape index (κ3) is 1.84. The zero-order valence-corrected chi connectivity index (χ0v) is 10.3. The molecule has 3 aliphatic heterocycles. The van der Waals surface area contributed by atoms with Crippen molar-refractivity contribution in [2.24, 2.45) is 15.7 Å². The Kier molecular flexibility index (Phi) is 3.07. The number of fused-ring (bicyclic) bond motifs is 1. The summed E-state index contributed by atoms with van der Waals surface area (Å²) in [6.07, 6.45) is -4.96. The van der Waals surface area contributed by atoms with Gasteiger partial charge >= 0.3 is 0 Å². The van der Waals surface area contributed by atoms with E-state index in [1.54, 1.807) is 0 Å². The fourth-order valence-electron chi connectivity index (χ4n) is 2.48. The summed E-state index contributed by atoms with van der Waals surface area (Å²) in [4.78, 5) is 20.9. The number of aliphatic hydroxyl groups excluding tert-OH is 2. The van der Waals surface area contributed by atoms with Crippen LogP contribution < -0.4 is 11.1 Å². The lowest BCUT2D eigenvalue weighted by Crippen LogP contribution is -2.56. The number of carbonyl (C=O) groups excluding carboxylic acids is 1. The normalized spacial score (nSPS) is 43.5. The van der Waals surface area contributed by atoms with Crippen molar-refractivity contribution in [2.75, 3.05) is 6.61 Å². The number of nitrogens with zero attached hydrogens (tertiary/aromatic N) is 3. The van der Waals surface area contributed by atoms with Gasteiger partial charge in [0.15, 0.2) is 30.6 Å². The first-order valence-corrected chi connectivity index (χ1v) is 6.06. The molecule has 0 aromatic carbocycles. The third-order valence-electron chi connectivity index (χ3n) is 3.51. The van der Waals surface area contributed by atoms with E-state index in [1.807, 2.05) is 0 Å². The van der Waals surface area contributed by atoms with E-state index in [0.717, 1.165) is 0 Å². The van der Waals surface area contributed by atoms with Crippen molar-refractivity contribution in [3.05, 3.63) is 0 Å². The summed E-state index contributed by atoms with van der Waals surface area (Å²) in [5.41, 5.74) is 5.47. The number of amides is 1. The first kappa shape index (κ1) is 13.2. The molecule has 5 N–H and O–H groups in total. The minimum atomic E-state index is -1.75. The molecular weight excluding hydrogens is 273 g/mol. The largest absolute Gasteiger partial charge is 0.394 e. The van der Waals surface area contributed by atoms with Gasteiger partial charge < -0.3 is 25.6 Å². The summed E-state index contributed by atoms with van der Waals surface area (Å²) in [5, 5.41) is 21.0. The molecule has 1 saturated heterocycles. The van der Waals surface area contributed by atoms with Crippen LogP contribution >= 0.6 is 0 Å². The molecule has 0 radical (unpaired) electrons. The second-order valence-corrected chi connectivity index (χ2v) is 4.76. The predicted octanol–water partition coefficient (Wildman–Crippen LogP) is -3.11. The lowest BCUT2D eigenvalue weighted by atomic mass is 10.1. The number of guanidine groups is 1. The van der Waals surface area contributed by atoms with E-state index in [1.165, 1.54) is 11.2 Å². The first-order valence-electron chi connectivity index (χ1n) is 6.06. The van der Waals surface area contributed by atoms with Crippen molar-refractivity contribution in [2.45, 2.75) is 36.8 Å². The van der Waals surface area contributed by atoms with Gasteiger partial charge in [0.1, 0.15) is 12.2 Å². The number of nitrogens with two attached hydrogens (primary N) is 1. The van der Waals surface area contributed by atoms with Crippen LogP contribution in [0, 0.1) is 0 Å². The van der Waals surface area contributed by atoms with E-state index >= 15 is 0 Å². The van der Waals surface area contributed by atoms with Crippen LogP contribution in [0.5, 0.6) is 0 Å². The third-order valence-corrected chi connectivity index (χ3v) is 3.51. The fraction of sp³-hybridized carbons (Fsp3) is 0.700. The number of alkyl halides is 1. The van der Waals surface area contributed by atoms with E-state index in [2.05, 4.69) is 15.3 Å². The lowest BCUT2D eigenvalue weighted by Gasteiger charge is -2.32. The SMILES string of the molecule is NC1=NC2C(N=CN2[C@@H]2O[C@H](CO)[C@@H](O)[C@H]2F)C(=O)N1. The molecular formula is C10H14FN5O4. The standard InChI is InChI=1S/C10H14FN5O4/c11-4-6(18)3(1-17)20-9(4)16-2-13-5-7(16)14-10(12)15-8(5)19/h2-7,9,17-18H,1H2,(H3,12,14,15,19)/t3-,4-,5?,6-,7?,9-/m1/s1. The molecule has 20 heavy (non-hydrogen) atoms. The fourth-order valence-corrected chi connectivity index (χ4v) is 2.48. The number of rotatable bonds is 2. The van der Waals surface area contributed by atoms with E-state index in [9.17, 15) is 14.3 Å². The minimum Gasteiger partial charge on any atom is -0.394 e. The number of hydrogen-bond acceptors (Lipinski definition) is 8. The Balaban J connectivity index is 1.84. The summed E-state index contributed by atoms with van der Waals surface area (Å²) < 4.78 is 19.3. The molecule has 0 aliphatic carbocycles. The zero-order chi connectivity index (χ0) is 14.4. The van der Waals surface area contributed by atoms with Gasteiger partial charge in [0.05, 0.1) is 12.9 Å². The average Bonchev–Trinajstić information content (AvgIpc) is 2.93. The summed E-state index contributed by atoms with van der Waals surface area (Å²) in [7, 11) is 0. The number of ether oxygens (including phenoxy) is 1. The van der Waals surface area contributed by atoms with Crippen LogP contribution in [-0.4, -0.2) is 76.7 Å². The molecule has 1 fully saturated rings. The molecule has 3 rings (SSSR count). The van der Waals surface area contributed by atoms with Crippen LogP contribution in [0.2, 0.25) is 0 Å². The average molecular weight is 287 g/mol. The topological polar surface area (TPSA) is 133 Å². The van der Waals surface area contributed by atoms with Gasteiger partial charge in [-0.25, -0.2) is 9.38 Å². The van der Waals surface area contributed by atoms with Crippen LogP contribution in [0.25, 0.3) is 0 Å². The molecule has 3 aliphatic rings. The number of halogens is 1. The number of hydrogen-bond donors (Lipinski definition) is 4. The van der Waals surface area contributed by atoms with Gasteiger partial charge in [-0.15, -0.1) is 0 Å². The molecule has 3 heterocycles. The molecule has 110 valence electrons. The Bertz CT molecular complexity index is 486. The minimum absolute atomic E-state index is 0.0839. The van der Waals surface area contributed by atoms with Crippen LogP contribution in [0.15, 0.2) is 9.98 Å². The highest BCUT2D eigenvalue weighted by Crippen LogP contribution is 2.31. The molecule has 0 spiro atoms. The lowest BCUT2D eigenvalue weighted by molar-refractivity contribution is -0.123. The highest BCUT2D eigenvalue weighted by atomic mass is 19.1. The summed E-state index contributed by atoms with van der Waals surface area (Å²) in [5.74, 6) is -0.520. The Morgan fingerprint density at radius 3 is 3.00 bits per heavy atom. The molecule has 9 nitrogen and oxygen atoms in total. The molecule has 0 saturated carbocycles. The molecule has 6 atom stereocenters. The summed E-state index contributed by atoms with van der Waals surface area (Å²) in [6.45, 7) is -0.511. The summed E-state index contributed by atoms with van der Waals surface area (Å²) in [6, 6.07) is -0.830. The highest BCUT2D eigenvalue weighted by molar-refractivity contribution is 6.02. The van der Waals surface area contributed by atoms with Crippen molar-refractivity contribution >= 4 is 18.2 Å². The number of aliphatic hydroxyl groups is 2. The van der Waals surface area contributed by atoms with Gasteiger partial charge in [0, 0.05) is 0 Å². The molecule has 2 unspecified atom stereocenters. The van der Waals surface area contributed by atoms with E-state index in [4.69, 9.17) is 15.6 Å². The molecule has 1 amide bonds. The maximum absolute atomic E-state index is 14.1. The van der Waals surface area contributed by atoms with Gasteiger partial charge in [-0.3, -0.25) is 15.1 Å². The molecule has 0 aromatic rings. The Hall–Kier alpha value is -1.78. The second-order valence-electron chi connectivity index (χ2n) is 4.76. The van der Waals surface area contributed by atoms with E-state index < -0.39 is 49.3 Å². The van der Waals surface area contributed by atoms with Crippen LogP contribution in [-0.2, 0) is 9.53 Å². The molecule has 10 heteroatoms. The first-order chi connectivity index (χ1) is 9.52. The second kappa shape index (κ2) is 4.65. The van der Waals surface area contributed by atoms with E-state index in [-0.39, 0.29) is 5.96 Å². The Morgan fingerprint density at radius 1 is 1.60 bits per heavy atom. The smallest absolute Gasteiger partial charge is 0.255 e. The summed E-state index contributed by atoms with van der Waals surface area (Å²) >= 11 is 0. The van der Waals surface area contributed by atoms with Gasteiger partial charge in [-0.2, -0.15) is 0 Å². The van der Waals surface area contributed by atoms with Gasteiger partial charge in [0.2, 0.25) is 0 Å². The van der Waals surface area contributed by atoms with E-state index in [0.29, 0.717) is 0 Å². The van der Waals surface area contributed by atoms with Crippen LogP contribution in [0.4, 0.5) is 4.39 Å². The van der Waals surface area contributed by atoms with Crippen molar-refractivity contribution in [3.8, 4) is 0 Å². The molecule has 0 aromatic heterocycles. The van der Waals surface area contributed by atoms with Crippen LogP contribution in [0.3, 0.4) is 0 Å². The number of nitrogens with one attached hydrogen (secondary N) is 1.